The fourth-order valence-electron chi connectivity index (χ4n) is 2.64. The Morgan fingerprint density at radius 3 is 2.71 bits per heavy atom. The van der Waals surface area contributed by atoms with Crippen molar-refractivity contribution < 1.29 is 5.11 Å². The lowest BCUT2D eigenvalue weighted by Crippen LogP contribution is -2.53. The number of nitrogens with one attached hydrogen (secondary N) is 1. The molecule has 2 fully saturated rings. The van der Waals surface area contributed by atoms with Crippen LogP contribution in [0, 0.1) is 5.92 Å². The highest BCUT2D eigenvalue weighted by Crippen LogP contribution is 2.35. The Kier molecular flexibility index (Phi) is 2.82. The van der Waals surface area contributed by atoms with Crippen molar-refractivity contribution in [1.29, 1.82) is 0 Å². The van der Waals surface area contributed by atoms with Crippen LogP contribution in [0.25, 0.3) is 0 Å². The fraction of sp³-hybridized carbons (Fsp3) is 1.00. The van der Waals surface area contributed by atoms with Gasteiger partial charge in [0.05, 0.1) is 5.60 Å². The van der Waals surface area contributed by atoms with Crippen molar-refractivity contribution in [2.45, 2.75) is 56.7 Å². The second-order valence-electron chi connectivity index (χ2n) is 5.21. The molecule has 2 aliphatic carbocycles. The van der Waals surface area contributed by atoms with Crippen LogP contribution in [-0.2, 0) is 0 Å². The van der Waals surface area contributed by atoms with Crippen LogP contribution in [0.2, 0.25) is 0 Å². The van der Waals surface area contributed by atoms with Gasteiger partial charge >= 0.3 is 0 Å². The molecule has 14 heavy (non-hydrogen) atoms. The van der Waals surface area contributed by atoms with Crippen LogP contribution >= 0.6 is 0 Å². The van der Waals surface area contributed by atoms with Gasteiger partial charge in [0, 0.05) is 18.6 Å². The molecule has 0 aliphatic heterocycles. The summed E-state index contributed by atoms with van der Waals surface area (Å²) in [5.74, 6) is 0.448. The van der Waals surface area contributed by atoms with E-state index in [1.807, 2.05) is 0 Å². The molecule has 0 amide bonds. The Morgan fingerprint density at radius 2 is 2.21 bits per heavy atom. The molecule has 0 spiro atoms. The van der Waals surface area contributed by atoms with Gasteiger partial charge in [-0.2, -0.15) is 0 Å². The molecule has 0 aromatic carbocycles. The number of nitrogens with two attached hydrogens (primary N) is 1. The minimum atomic E-state index is -0.445. The Balaban J connectivity index is 1.74. The van der Waals surface area contributed by atoms with Crippen LogP contribution in [0.3, 0.4) is 0 Å². The van der Waals surface area contributed by atoms with E-state index in [9.17, 15) is 5.11 Å². The summed E-state index contributed by atoms with van der Waals surface area (Å²) in [7, 11) is 0. The first-order chi connectivity index (χ1) is 6.60. The van der Waals surface area contributed by atoms with E-state index in [1.165, 1.54) is 12.8 Å². The maximum atomic E-state index is 10.3. The molecule has 4 N–H and O–H groups in total. The zero-order valence-corrected chi connectivity index (χ0v) is 9.00. The van der Waals surface area contributed by atoms with Crippen molar-refractivity contribution in [3.8, 4) is 0 Å². The molecule has 2 unspecified atom stereocenters. The summed E-state index contributed by atoms with van der Waals surface area (Å²) in [5, 5.41) is 13.7. The van der Waals surface area contributed by atoms with E-state index >= 15 is 0 Å². The summed E-state index contributed by atoms with van der Waals surface area (Å²) < 4.78 is 0. The summed E-state index contributed by atoms with van der Waals surface area (Å²) >= 11 is 0. The molecule has 0 aromatic rings. The lowest BCUT2D eigenvalue weighted by Gasteiger charge is -2.37. The lowest BCUT2D eigenvalue weighted by atomic mass is 9.86. The third-order valence-corrected chi connectivity index (χ3v) is 4.04. The minimum Gasteiger partial charge on any atom is -0.388 e. The molecule has 0 saturated heterocycles. The van der Waals surface area contributed by atoms with Gasteiger partial charge in [-0.25, -0.2) is 0 Å². The van der Waals surface area contributed by atoms with Gasteiger partial charge < -0.3 is 16.2 Å². The minimum absolute atomic E-state index is 0.392. The fourth-order valence-corrected chi connectivity index (χ4v) is 2.64. The van der Waals surface area contributed by atoms with E-state index in [4.69, 9.17) is 5.73 Å². The number of hydrogen-bond acceptors (Lipinski definition) is 3. The van der Waals surface area contributed by atoms with Gasteiger partial charge in [-0.1, -0.05) is 13.3 Å². The van der Waals surface area contributed by atoms with Crippen LogP contribution in [-0.4, -0.2) is 29.3 Å². The third-order valence-electron chi connectivity index (χ3n) is 4.04. The Hall–Kier alpha value is -0.120. The van der Waals surface area contributed by atoms with E-state index in [1.54, 1.807) is 0 Å². The third kappa shape index (κ3) is 1.95. The first-order valence-corrected chi connectivity index (χ1v) is 5.81. The van der Waals surface area contributed by atoms with E-state index in [0.29, 0.717) is 18.0 Å². The van der Waals surface area contributed by atoms with Crippen LogP contribution in [0.4, 0.5) is 0 Å². The second kappa shape index (κ2) is 3.80. The van der Waals surface area contributed by atoms with Crippen molar-refractivity contribution in [2.24, 2.45) is 11.7 Å². The van der Waals surface area contributed by atoms with Gasteiger partial charge in [0.1, 0.15) is 0 Å². The summed E-state index contributed by atoms with van der Waals surface area (Å²) in [6, 6.07) is 0.949. The van der Waals surface area contributed by atoms with Crippen molar-refractivity contribution in [2.75, 3.05) is 6.54 Å². The number of hydrogen-bond donors (Lipinski definition) is 3. The molecule has 0 bridgehead atoms. The zero-order chi connectivity index (χ0) is 10.2. The van der Waals surface area contributed by atoms with Gasteiger partial charge in [-0.15, -0.1) is 0 Å². The highest BCUT2D eigenvalue weighted by molar-refractivity contribution is 4.95. The van der Waals surface area contributed by atoms with Crippen LogP contribution in [0.1, 0.15) is 39.0 Å². The first-order valence-electron chi connectivity index (χ1n) is 5.81. The summed E-state index contributed by atoms with van der Waals surface area (Å²) in [4.78, 5) is 0. The second-order valence-corrected chi connectivity index (χ2v) is 5.21. The van der Waals surface area contributed by atoms with Gasteiger partial charge in [0.15, 0.2) is 0 Å². The van der Waals surface area contributed by atoms with Crippen LogP contribution in [0.5, 0.6) is 0 Å². The molecular formula is C11H22N2O. The molecule has 2 rings (SSSR count). The maximum Gasteiger partial charge on any atom is 0.0797 e. The average Bonchev–Trinajstić information content (AvgIpc) is 2.40. The predicted molar refractivity (Wildman–Crippen MR) is 57.0 cm³/mol. The molecule has 0 aromatic heterocycles. The SMILES string of the molecule is CC1CCCC1(O)CNC1CC(N)C1. The molecule has 3 nitrogen and oxygen atoms in total. The molecule has 0 radical (unpaired) electrons. The number of aliphatic hydroxyl groups is 1. The van der Waals surface area contributed by atoms with Gasteiger partial charge in [-0.05, 0) is 31.6 Å². The first kappa shape index (κ1) is 10.4. The molecule has 2 atom stereocenters. The molecule has 82 valence electrons. The molecule has 2 aliphatic rings. The van der Waals surface area contributed by atoms with E-state index in [2.05, 4.69) is 12.2 Å². The van der Waals surface area contributed by atoms with Gasteiger partial charge in [0.25, 0.3) is 0 Å². The molecule has 0 heterocycles. The highest BCUT2D eigenvalue weighted by Gasteiger charge is 2.39. The normalized spacial score (nSPS) is 47.8. The van der Waals surface area contributed by atoms with Crippen molar-refractivity contribution in [3.63, 3.8) is 0 Å². The van der Waals surface area contributed by atoms with Crippen LogP contribution in [0.15, 0.2) is 0 Å². The smallest absolute Gasteiger partial charge is 0.0797 e. The van der Waals surface area contributed by atoms with Gasteiger partial charge in [-0.3, -0.25) is 0 Å². The standard InChI is InChI=1S/C11H22N2O/c1-8-3-2-4-11(8,14)7-13-10-5-9(12)6-10/h8-10,13-14H,2-7,12H2,1H3. The largest absolute Gasteiger partial charge is 0.388 e. The van der Waals surface area contributed by atoms with Gasteiger partial charge in [0.2, 0.25) is 0 Å². The topological polar surface area (TPSA) is 58.3 Å². The summed E-state index contributed by atoms with van der Waals surface area (Å²) in [6.45, 7) is 2.91. The highest BCUT2D eigenvalue weighted by atomic mass is 16.3. The molecule has 3 heteroatoms. The Bertz CT molecular complexity index is 203. The Labute approximate surface area is 86.1 Å². The van der Waals surface area contributed by atoms with E-state index in [0.717, 1.165) is 25.8 Å². The summed E-state index contributed by atoms with van der Waals surface area (Å²) in [5.41, 5.74) is 5.27. The monoisotopic (exact) mass is 198 g/mol. The van der Waals surface area contributed by atoms with Crippen LogP contribution < -0.4 is 11.1 Å². The summed E-state index contributed by atoms with van der Waals surface area (Å²) in [6.07, 6.45) is 5.45. The van der Waals surface area contributed by atoms with Crippen molar-refractivity contribution >= 4 is 0 Å². The van der Waals surface area contributed by atoms with Crippen molar-refractivity contribution in [3.05, 3.63) is 0 Å². The quantitative estimate of drug-likeness (QED) is 0.623. The molecule has 2 saturated carbocycles. The van der Waals surface area contributed by atoms with E-state index in [-0.39, 0.29) is 0 Å². The lowest BCUT2D eigenvalue weighted by molar-refractivity contribution is 0.00450. The maximum absolute atomic E-state index is 10.3. The van der Waals surface area contributed by atoms with E-state index < -0.39 is 5.60 Å². The predicted octanol–water partition coefficient (Wildman–Crippen LogP) is 0.617. The van der Waals surface area contributed by atoms with Crippen molar-refractivity contribution in [1.82, 2.24) is 5.32 Å². The zero-order valence-electron chi connectivity index (χ0n) is 9.00. The Morgan fingerprint density at radius 1 is 1.50 bits per heavy atom. The average molecular weight is 198 g/mol. The number of rotatable bonds is 3. The molecular weight excluding hydrogens is 176 g/mol.